The molecule has 1 heterocycles. The molecule has 0 aromatic heterocycles. The fraction of sp³-hybridized carbons (Fsp3) is 0.158. The first kappa shape index (κ1) is 17.6. The summed E-state index contributed by atoms with van der Waals surface area (Å²) >= 11 is 0. The molecule has 1 atom stereocenters. The number of amides is 3. The highest BCUT2D eigenvalue weighted by Crippen LogP contribution is 2.31. The second kappa shape index (κ2) is 6.95. The molecule has 7 heteroatoms. The minimum Gasteiger partial charge on any atom is -0.326 e. The summed E-state index contributed by atoms with van der Waals surface area (Å²) < 4.78 is 28.5. The van der Waals surface area contributed by atoms with Gasteiger partial charge in [-0.25, -0.2) is 13.6 Å². The van der Waals surface area contributed by atoms with E-state index in [-0.39, 0.29) is 16.8 Å². The maximum Gasteiger partial charge on any atom is 0.319 e. The first-order valence-corrected chi connectivity index (χ1v) is 7.97. The van der Waals surface area contributed by atoms with Crippen LogP contribution in [0.15, 0.2) is 53.7 Å². The van der Waals surface area contributed by atoms with Crippen LogP contribution in [-0.4, -0.2) is 11.9 Å². The van der Waals surface area contributed by atoms with E-state index in [0.717, 1.165) is 17.7 Å². The van der Waals surface area contributed by atoms with Crippen molar-refractivity contribution in [3.05, 3.63) is 76.5 Å². The van der Waals surface area contributed by atoms with Gasteiger partial charge in [0.25, 0.3) is 5.91 Å². The van der Waals surface area contributed by atoms with E-state index in [9.17, 15) is 18.4 Å². The molecule has 2 aromatic rings. The highest BCUT2D eigenvalue weighted by molar-refractivity contribution is 6.07. The summed E-state index contributed by atoms with van der Waals surface area (Å²) in [6, 6.07) is 8.64. The topological polar surface area (TPSA) is 70.2 Å². The van der Waals surface area contributed by atoms with Gasteiger partial charge in [0.05, 0.1) is 17.2 Å². The first-order valence-electron chi connectivity index (χ1n) is 7.97. The van der Waals surface area contributed by atoms with E-state index in [1.54, 1.807) is 12.1 Å². The van der Waals surface area contributed by atoms with Crippen molar-refractivity contribution in [2.75, 3.05) is 5.32 Å². The number of aryl methyl sites for hydroxylation is 1. The number of nitrogens with one attached hydrogen (secondary N) is 3. The van der Waals surface area contributed by atoms with Gasteiger partial charge in [-0.1, -0.05) is 24.3 Å². The van der Waals surface area contributed by atoms with E-state index < -0.39 is 29.6 Å². The molecule has 0 radical (unpaired) electrons. The van der Waals surface area contributed by atoms with E-state index in [1.807, 2.05) is 19.1 Å². The number of para-hydroxylation sites is 1. The Labute approximate surface area is 149 Å². The molecule has 0 aliphatic carbocycles. The Morgan fingerprint density at radius 2 is 1.69 bits per heavy atom. The zero-order valence-corrected chi connectivity index (χ0v) is 14.2. The van der Waals surface area contributed by atoms with Gasteiger partial charge in [0.1, 0.15) is 11.6 Å². The smallest absolute Gasteiger partial charge is 0.319 e. The molecular formula is C19H17F2N3O2. The lowest BCUT2D eigenvalue weighted by Crippen LogP contribution is -2.46. The zero-order chi connectivity index (χ0) is 18.8. The lowest BCUT2D eigenvalue weighted by molar-refractivity contribution is -0.113. The number of hydrogen-bond donors (Lipinski definition) is 3. The molecule has 3 rings (SSSR count). The summed E-state index contributed by atoms with van der Waals surface area (Å²) in [4.78, 5) is 24.7. The normalized spacial score (nSPS) is 16.8. The molecule has 2 aromatic carbocycles. The fourth-order valence-electron chi connectivity index (χ4n) is 2.90. The van der Waals surface area contributed by atoms with Crippen LogP contribution < -0.4 is 16.0 Å². The molecule has 0 fully saturated rings. The summed E-state index contributed by atoms with van der Waals surface area (Å²) in [6.45, 7) is 3.34. The molecule has 1 aliphatic heterocycles. The Morgan fingerprint density at radius 3 is 2.35 bits per heavy atom. The third kappa shape index (κ3) is 3.28. The van der Waals surface area contributed by atoms with Crippen LogP contribution in [0, 0.1) is 18.6 Å². The van der Waals surface area contributed by atoms with Gasteiger partial charge in [-0.15, -0.1) is 0 Å². The van der Waals surface area contributed by atoms with Crippen LogP contribution in [-0.2, 0) is 4.79 Å². The second-order valence-corrected chi connectivity index (χ2v) is 5.97. The molecule has 0 saturated carbocycles. The van der Waals surface area contributed by atoms with Crippen LogP contribution in [0.2, 0.25) is 0 Å². The number of hydrogen-bond acceptors (Lipinski definition) is 2. The summed E-state index contributed by atoms with van der Waals surface area (Å²) in [7, 11) is 0. The fourth-order valence-corrected chi connectivity index (χ4v) is 2.90. The molecule has 3 amide bonds. The van der Waals surface area contributed by atoms with Crippen molar-refractivity contribution >= 4 is 17.6 Å². The number of rotatable bonds is 3. The Kier molecular flexibility index (Phi) is 4.71. The van der Waals surface area contributed by atoms with Crippen LogP contribution in [0.4, 0.5) is 19.3 Å². The summed E-state index contributed by atoms with van der Waals surface area (Å²) in [5.41, 5.74) is 1.30. The molecule has 134 valence electrons. The van der Waals surface area contributed by atoms with Crippen LogP contribution in [0.3, 0.4) is 0 Å². The predicted octanol–water partition coefficient (Wildman–Crippen LogP) is 3.54. The molecule has 1 aliphatic rings. The number of halogens is 2. The maximum absolute atomic E-state index is 14.3. The molecule has 0 saturated heterocycles. The van der Waals surface area contributed by atoms with Crippen LogP contribution >= 0.6 is 0 Å². The molecular weight excluding hydrogens is 340 g/mol. The molecule has 5 nitrogen and oxygen atoms in total. The SMILES string of the molecule is CC1=C(C(=O)Nc2ccccc2C)[C@H](c2c(F)cccc2F)NC(=O)N1. The minimum absolute atomic E-state index is 0.0388. The lowest BCUT2D eigenvalue weighted by Gasteiger charge is -2.29. The van der Waals surface area contributed by atoms with Crippen molar-refractivity contribution < 1.29 is 18.4 Å². The number of urea groups is 1. The monoisotopic (exact) mass is 357 g/mol. The van der Waals surface area contributed by atoms with Gasteiger partial charge in [-0.05, 0) is 37.6 Å². The van der Waals surface area contributed by atoms with Crippen molar-refractivity contribution in [1.82, 2.24) is 10.6 Å². The number of carbonyl (C=O) groups is 2. The standard InChI is InChI=1S/C19H17F2N3O2/c1-10-6-3-4-9-14(10)23-18(25)15-11(2)22-19(26)24-17(15)16-12(20)7-5-8-13(16)21/h3-9,17H,1-2H3,(H,23,25)(H2,22,24,26)/t17-/m1/s1. The van der Waals surface area contributed by atoms with E-state index in [2.05, 4.69) is 16.0 Å². The summed E-state index contributed by atoms with van der Waals surface area (Å²) in [6.07, 6.45) is 0. The van der Waals surface area contributed by atoms with Crippen molar-refractivity contribution in [3.8, 4) is 0 Å². The lowest BCUT2D eigenvalue weighted by atomic mass is 9.94. The van der Waals surface area contributed by atoms with Gasteiger partial charge < -0.3 is 16.0 Å². The van der Waals surface area contributed by atoms with Gasteiger partial charge in [0, 0.05) is 11.4 Å². The molecule has 26 heavy (non-hydrogen) atoms. The largest absolute Gasteiger partial charge is 0.326 e. The molecule has 3 N–H and O–H groups in total. The zero-order valence-electron chi connectivity index (χ0n) is 14.2. The number of anilines is 1. The quantitative estimate of drug-likeness (QED) is 0.786. The molecule has 0 spiro atoms. The summed E-state index contributed by atoms with van der Waals surface area (Å²) in [5, 5.41) is 7.63. The number of carbonyl (C=O) groups excluding carboxylic acids is 2. The van der Waals surface area contributed by atoms with Crippen molar-refractivity contribution in [1.29, 1.82) is 0 Å². The second-order valence-electron chi connectivity index (χ2n) is 5.97. The molecule has 0 unspecified atom stereocenters. The molecule has 0 bridgehead atoms. The third-order valence-corrected chi connectivity index (χ3v) is 4.20. The van der Waals surface area contributed by atoms with Gasteiger partial charge in [-0.3, -0.25) is 4.79 Å². The van der Waals surface area contributed by atoms with E-state index >= 15 is 0 Å². The third-order valence-electron chi connectivity index (χ3n) is 4.20. The van der Waals surface area contributed by atoms with Crippen LogP contribution in [0.1, 0.15) is 24.1 Å². The van der Waals surface area contributed by atoms with Gasteiger partial charge in [-0.2, -0.15) is 0 Å². The average molecular weight is 357 g/mol. The van der Waals surface area contributed by atoms with Crippen LogP contribution in [0.25, 0.3) is 0 Å². The average Bonchev–Trinajstić information content (AvgIpc) is 2.56. The van der Waals surface area contributed by atoms with Gasteiger partial charge >= 0.3 is 6.03 Å². The Bertz CT molecular complexity index is 905. The first-order chi connectivity index (χ1) is 12.4. The highest BCUT2D eigenvalue weighted by Gasteiger charge is 2.34. The number of benzene rings is 2. The maximum atomic E-state index is 14.3. The predicted molar refractivity (Wildman–Crippen MR) is 93.3 cm³/mol. The Morgan fingerprint density at radius 1 is 1.04 bits per heavy atom. The Balaban J connectivity index is 2.04. The van der Waals surface area contributed by atoms with E-state index in [1.165, 1.54) is 13.0 Å². The summed E-state index contributed by atoms with van der Waals surface area (Å²) in [5.74, 6) is -2.24. The highest BCUT2D eigenvalue weighted by atomic mass is 19.1. The minimum atomic E-state index is -1.24. The van der Waals surface area contributed by atoms with Crippen molar-refractivity contribution in [3.63, 3.8) is 0 Å². The van der Waals surface area contributed by atoms with Crippen LogP contribution in [0.5, 0.6) is 0 Å². The van der Waals surface area contributed by atoms with Gasteiger partial charge in [0.2, 0.25) is 0 Å². The number of allylic oxidation sites excluding steroid dienone is 1. The van der Waals surface area contributed by atoms with Crippen molar-refractivity contribution in [2.45, 2.75) is 19.9 Å². The van der Waals surface area contributed by atoms with E-state index in [4.69, 9.17) is 0 Å². The van der Waals surface area contributed by atoms with Crippen molar-refractivity contribution in [2.24, 2.45) is 0 Å². The van der Waals surface area contributed by atoms with E-state index in [0.29, 0.717) is 5.69 Å². The van der Waals surface area contributed by atoms with Gasteiger partial charge in [0.15, 0.2) is 0 Å². The Hall–Kier alpha value is -3.22.